The zero-order valence-electron chi connectivity index (χ0n) is 7.25. The van der Waals surface area contributed by atoms with Crippen molar-refractivity contribution in [3.8, 4) is 0 Å². The number of nitrogens with zero attached hydrogens (tertiary/aromatic N) is 1. The monoisotopic (exact) mass is 155 g/mol. The van der Waals surface area contributed by atoms with E-state index >= 15 is 0 Å². The first kappa shape index (κ1) is 7.56. The van der Waals surface area contributed by atoms with Crippen LogP contribution in [0.5, 0.6) is 0 Å². The highest BCUT2D eigenvalue weighted by Gasteiger charge is 2.40. The van der Waals surface area contributed by atoms with Gasteiger partial charge >= 0.3 is 0 Å². The Morgan fingerprint density at radius 1 is 1.36 bits per heavy atom. The van der Waals surface area contributed by atoms with E-state index in [1.54, 1.807) is 7.11 Å². The lowest BCUT2D eigenvalue weighted by atomic mass is 9.80. The zero-order chi connectivity index (χ0) is 7.68. The number of rotatable bonds is 3. The van der Waals surface area contributed by atoms with Gasteiger partial charge in [0.15, 0.2) is 0 Å². The first-order chi connectivity index (χ1) is 5.42. The molecule has 2 nitrogen and oxygen atoms in total. The molecule has 2 atom stereocenters. The molecule has 0 aromatic heterocycles. The van der Waals surface area contributed by atoms with E-state index in [2.05, 4.69) is 4.90 Å². The lowest BCUT2D eigenvalue weighted by molar-refractivity contribution is -0.0403. The second kappa shape index (κ2) is 3.11. The standard InChI is InChI=1S/C9H17NO/c1-11-6-5-10-8-3-2-4-9(10)7-8/h8-9H,2-7H2,1H3. The normalized spacial score (nSPS) is 36.8. The Morgan fingerprint density at radius 2 is 2.09 bits per heavy atom. The molecule has 11 heavy (non-hydrogen) atoms. The Balaban J connectivity index is 1.77. The molecule has 3 rings (SSSR count). The first-order valence-corrected chi connectivity index (χ1v) is 4.66. The van der Waals surface area contributed by atoms with Gasteiger partial charge in [0.05, 0.1) is 6.61 Å². The molecule has 0 spiro atoms. The molecule has 64 valence electrons. The van der Waals surface area contributed by atoms with E-state index in [9.17, 15) is 0 Å². The maximum Gasteiger partial charge on any atom is 0.0589 e. The summed E-state index contributed by atoms with van der Waals surface area (Å²) >= 11 is 0. The predicted molar refractivity (Wildman–Crippen MR) is 44.6 cm³/mol. The molecule has 2 bridgehead atoms. The van der Waals surface area contributed by atoms with E-state index in [4.69, 9.17) is 4.74 Å². The minimum absolute atomic E-state index is 0.910. The molecule has 2 heteroatoms. The average Bonchev–Trinajstić information content (AvgIpc) is 2.06. The third kappa shape index (κ3) is 1.30. The van der Waals surface area contributed by atoms with Gasteiger partial charge in [0, 0.05) is 25.7 Å². The van der Waals surface area contributed by atoms with E-state index in [1.165, 1.54) is 25.7 Å². The number of fused-ring (bicyclic) bond motifs is 2. The Kier molecular flexibility index (Phi) is 2.14. The maximum atomic E-state index is 5.07. The third-order valence-corrected chi connectivity index (χ3v) is 3.11. The van der Waals surface area contributed by atoms with Crippen molar-refractivity contribution < 1.29 is 4.74 Å². The topological polar surface area (TPSA) is 12.5 Å². The molecule has 0 N–H and O–H groups in total. The highest BCUT2D eigenvalue weighted by atomic mass is 16.5. The number of hydrogen-bond acceptors (Lipinski definition) is 2. The predicted octanol–water partition coefficient (Wildman–Crippen LogP) is 1.26. The number of ether oxygens (including phenoxy) is 1. The van der Waals surface area contributed by atoms with Gasteiger partial charge in [-0.1, -0.05) is 6.42 Å². The fraction of sp³-hybridized carbons (Fsp3) is 1.00. The van der Waals surface area contributed by atoms with E-state index in [0.717, 1.165) is 25.2 Å². The van der Waals surface area contributed by atoms with Gasteiger partial charge in [0.1, 0.15) is 0 Å². The van der Waals surface area contributed by atoms with Crippen LogP contribution < -0.4 is 0 Å². The van der Waals surface area contributed by atoms with Crippen LogP contribution in [0.15, 0.2) is 0 Å². The SMILES string of the molecule is COCCN1C2CCCC1C2. The van der Waals surface area contributed by atoms with Gasteiger partial charge in [-0.25, -0.2) is 0 Å². The Bertz CT molecular complexity index is 124. The summed E-state index contributed by atoms with van der Waals surface area (Å²) in [7, 11) is 1.79. The van der Waals surface area contributed by atoms with Gasteiger partial charge in [0.25, 0.3) is 0 Å². The Morgan fingerprint density at radius 3 is 2.64 bits per heavy atom. The van der Waals surface area contributed by atoms with Crippen LogP contribution in [-0.4, -0.2) is 37.2 Å². The fourth-order valence-electron chi connectivity index (χ4n) is 2.46. The molecule has 0 amide bonds. The highest BCUT2D eigenvalue weighted by molar-refractivity contribution is 4.96. The summed E-state index contributed by atoms with van der Waals surface area (Å²) in [6.07, 6.45) is 5.78. The minimum Gasteiger partial charge on any atom is -0.383 e. The zero-order valence-corrected chi connectivity index (χ0v) is 7.25. The van der Waals surface area contributed by atoms with Gasteiger partial charge in [-0.05, 0) is 19.3 Å². The molecule has 0 aromatic rings. The molecule has 2 aliphatic heterocycles. The quantitative estimate of drug-likeness (QED) is 0.608. The molecule has 3 fully saturated rings. The van der Waals surface area contributed by atoms with Crippen molar-refractivity contribution in [3.63, 3.8) is 0 Å². The average molecular weight is 155 g/mol. The van der Waals surface area contributed by atoms with E-state index < -0.39 is 0 Å². The van der Waals surface area contributed by atoms with E-state index in [-0.39, 0.29) is 0 Å². The molecular formula is C9H17NO. The van der Waals surface area contributed by atoms with Gasteiger partial charge in [0.2, 0.25) is 0 Å². The molecular weight excluding hydrogens is 138 g/mol. The van der Waals surface area contributed by atoms with E-state index in [1.807, 2.05) is 0 Å². The second-order valence-corrected chi connectivity index (χ2v) is 3.70. The molecule has 2 heterocycles. The van der Waals surface area contributed by atoms with Crippen molar-refractivity contribution in [2.45, 2.75) is 37.8 Å². The molecule has 0 radical (unpaired) electrons. The van der Waals surface area contributed by atoms with E-state index in [0.29, 0.717) is 0 Å². The fourth-order valence-corrected chi connectivity index (χ4v) is 2.46. The van der Waals surface area contributed by atoms with Crippen molar-refractivity contribution in [2.75, 3.05) is 20.3 Å². The van der Waals surface area contributed by atoms with Crippen molar-refractivity contribution in [2.24, 2.45) is 0 Å². The van der Waals surface area contributed by atoms with Crippen LogP contribution in [0.4, 0.5) is 0 Å². The number of methoxy groups -OCH3 is 1. The number of piperidine rings is 1. The number of hydrogen-bond donors (Lipinski definition) is 0. The summed E-state index contributed by atoms with van der Waals surface area (Å²) in [6.45, 7) is 2.07. The molecule has 2 saturated heterocycles. The van der Waals surface area contributed by atoms with Crippen molar-refractivity contribution >= 4 is 0 Å². The highest BCUT2D eigenvalue weighted by Crippen LogP contribution is 2.37. The van der Waals surface area contributed by atoms with Crippen LogP contribution in [0.3, 0.4) is 0 Å². The molecule has 1 aliphatic carbocycles. The minimum atomic E-state index is 0.910. The summed E-state index contributed by atoms with van der Waals surface area (Å²) in [6, 6.07) is 1.84. The Hall–Kier alpha value is -0.0800. The van der Waals surface area contributed by atoms with Crippen LogP contribution in [-0.2, 0) is 4.74 Å². The lowest BCUT2D eigenvalue weighted by Gasteiger charge is -2.53. The summed E-state index contributed by atoms with van der Waals surface area (Å²) < 4.78 is 5.07. The second-order valence-electron chi connectivity index (χ2n) is 3.70. The molecule has 2 unspecified atom stereocenters. The van der Waals surface area contributed by atoms with Crippen molar-refractivity contribution in [3.05, 3.63) is 0 Å². The molecule has 1 saturated carbocycles. The largest absolute Gasteiger partial charge is 0.383 e. The van der Waals surface area contributed by atoms with Gasteiger partial charge in [-0.2, -0.15) is 0 Å². The molecule has 0 aromatic carbocycles. The van der Waals surface area contributed by atoms with Gasteiger partial charge < -0.3 is 4.74 Å². The summed E-state index contributed by atoms with van der Waals surface area (Å²) in [5.41, 5.74) is 0. The first-order valence-electron chi connectivity index (χ1n) is 4.66. The third-order valence-electron chi connectivity index (χ3n) is 3.11. The van der Waals surface area contributed by atoms with Crippen molar-refractivity contribution in [1.82, 2.24) is 4.90 Å². The Labute approximate surface area is 68.5 Å². The van der Waals surface area contributed by atoms with Crippen LogP contribution >= 0.6 is 0 Å². The van der Waals surface area contributed by atoms with Crippen LogP contribution in [0.2, 0.25) is 0 Å². The lowest BCUT2D eigenvalue weighted by Crippen LogP contribution is -2.59. The molecule has 3 aliphatic rings. The van der Waals surface area contributed by atoms with Gasteiger partial charge in [-0.3, -0.25) is 4.90 Å². The van der Waals surface area contributed by atoms with Crippen LogP contribution in [0.25, 0.3) is 0 Å². The van der Waals surface area contributed by atoms with Crippen molar-refractivity contribution in [1.29, 1.82) is 0 Å². The van der Waals surface area contributed by atoms with Crippen LogP contribution in [0.1, 0.15) is 25.7 Å². The summed E-state index contributed by atoms with van der Waals surface area (Å²) in [4.78, 5) is 2.62. The van der Waals surface area contributed by atoms with Crippen LogP contribution in [0, 0.1) is 0 Å². The maximum absolute atomic E-state index is 5.07. The van der Waals surface area contributed by atoms with Gasteiger partial charge in [-0.15, -0.1) is 0 Å². The summed E-state index contributed by atoms with van der Waals surface area (Å²) in [5.74, 6) is 0. The summed E-state index contributed by atoms with van der Waals surface area (Å²) in [5, 5.41) is 0. The smallest absolute Gasteiger partial charge is 0.0589 e.